The smallest absolute Gasteiger partial charge is 0.409 e. The van der Waals surface area contributed by atoms with Gasteiger partial charge in [-0.3, -0.25) is 9.59 Å². The number of carbonyl (C=O) groups is 3. The number of ether oxygens (including phenoxy) is 1. The Morgan fingerprint density at radius 3 is 2.54 bits per heavy atom. The van der Waals surface area contributed by atoms with Crippen LogP contribution in [0.1, 0.15) is 31.1 Å². The van der Waals surface area contributed by atoms with Gasteiger partial charge in [-0.05, 0) is 37.6 Å². The van der Waals surface area contributed by atoms with Crippen LogP contribution in [-0.2, 0) is 20.7 Å². The molecule has 0 unspecified atom stereocenters. The number of carbonyl (C=O) groups excluding carboxylic acids is 3. The minimum absolute atomic E-state index is 0.0170. The Morgan fingerprint density at radius 1 is 1.15 bits per heavy atom. The molecule has 0 aliphatic carbocycles. The van der Waals surface area contributed by atoms with Crippen LogP contribution >= 0.6 is 11.3 Å². The van der Waals surface area contributed by atoms with Gasteiger partial charge in [0.05, 0.1) is 13.2 Å². The van der Waals surface area contributed by atoms with Crippen molar-refractivity contribution in [3.63, 3.8) is 0 Å². The van der Waals surface area contributed by atoms with Crippen LogP contribution in [0.25, 0.3) is 0 Å². The summed E-state index contributed by atoms with van der Waals surface area (Å²) in [6.45, 7) is 3.98. The molecule has 1 aliphatic rings. The highest BCUT2D eigenvalue weighted by Gasteiger charge is 2.24. The molecule has 26 heavy (non-hydrogen) atoms. The van der Waals surface area contributed by atoms with E-state index in [1.54, 1.807) is 28.1 Å². The van der Waals surface area contributed by atoms with Crippen molar-refractivity contribution in [3.05, 3.63) is 22.4 Å². The summed E-state index contributed by atoms with van der Waals surface area (Å²) < 4.78 is 4.95. The summed E-state index contributed by atoms with van der Waals surface area (Å²) in [6.07, 6.45) is 2.88. The standard InChI is InChI=1S/C18H27N3O4S/c1-2-25-18(24)21-11-9-20(10-12-21)17(23)14-19-16(22)8-4-3-6-15-7-5-13-26-15/h5,7,13H,2-4,6,8-12,14H2,1H3,(H,19,22). The first kappa shape index (κ1) is 20.2. The van der Waals surface area contributed by atoms with Crippen LogP contribution in [0.2, 0.25) is 0 Å². The lowest BCUT2D eigenvalue weighted by molar-refractivity contribution is -0.134. The topological polar surface area (TPSA) is 79.0 Å². The number of unbranched alkanes of at least 4 members (excludes halogenated alkanes) is 1. The van der Waals surface area contributed by atoms with Crippen molar-refractivity contribution in [2.75, 3.05) is 39.3 Å². The normalized spacial score (nSPS) is 14.2. The SMILES string of the molecule is CCOC(=O)N1CCN(C(=O)CNC(=O)CCCCc2cccs2)CC1. The van der Waals surface area contributed by atoms with Crippen LogP contribution in [0, 0.1) is 0 Å². The number of thiophene rings is 1. The Kier molecular flexibility index (Phi) is 8.40. The van der Waals surface area contributed by atoms with E-state index in [0.29, 0.717) is 39.2 Å². The molecule has 0 bridgehead atoms. The molecule has 3 amide bonds. The van der Waals surface area contributed by atoms with Crippen LogP contribution in [0.3, 0.4) is 0 Å². The van der Waals surface area contributed by atoms with Gasteiger partial charge in [-0.1, -0.05) is 6.07 Å². The molecular formula is C18H27N3O4S. The van der Waals surface area contributed by atoms with E-state index in [9.17, 15) is 14.4 Å². The maximum atomic E-state index is 12.2. The van der Waals surface area contributed by atoms with Crippen LogP contribution in [0.5, 0.6) is 0 Å². The van der Waals surface area contributed by atoms with Crippen molar-refractivity contribution in [2.24, 2.45) is 0 Å². The maximum Gasteiger partial charge on any atom is 0.409 e. The van der Waals surface area contributed by atoms with Gasteiger partial charge in [0, 0.05) is 37.5 Å². The zero-order chi connectivity index (χ0) is 18.8. The number of piperazine rings is 1. The van der Waals surface area contributed by atoms with E-state index in [1.165, 1.54) is 4.88 Å². The molecule has 1 aromatic heterocycles. The van der Waals surface area contributed by atoms with Crippen molar-refractivity contribution < 1.29 is 19.1 Å². The summed E-state index contributed by atoms with van der Waals surface area (Å²) in [7, 11) is 0. The number of nitrogens with one attached hydrogen (secondary N) is 1. The van der Waals surface area contributed by atoms with Crippen molar-refractivity contribution in [2.45, 2.75) is 32.6 Å². The summed E-state index contributed by atoms with van der Waals surface area (Å²) in [6, 6.07) is 4.13. The third kappa shape index (κ3) is 6.67. The Labute approximate surface area is 158 Å². The van der Waals surface area contributed by atoms with E-state index in [4.69, 9.17) is 4.74 Å². The number of rotatable bonds is 8. The number of nitrogens with zero attached hydrogens (tertiary/aromatic N) is 2. The van der Waals surface area contributed by atoms with Gasteiger partial charge in [-0.15, -0.1) is 11.3 Å². The van der Waals surface area contributed by atoms with Gasteiger partial charge in [-0.25, -0.2) is 4.79 Å². The van der Waals surface area contributed by atoms with Crippen LogP contribution in [0.4, 0.5) is 4.79 Å². The second-order valence-electron chi connectivity index (χ2n) is 6.13. The molecule has 144 valence electrons. The summed E-state index contributed by atoms with van der Waals surface area (Å²) in [5.41, 5.74) is 0. The largest absolute Gasteiger partial charge is 0.450 e. The molecule has 1 aromatic rings. The molecule has 0 aromatic carbocycles. The zero-order valence-corrected chi connectivity index (χ0v) is 16.1. The molecule has 0 radical (unpaired) electrons. The molecule has 8 heteroatoms. The lowest BCUT2D eigenvalue weighted by atomic mass is 10.1. The Balaban J connectivity index is 1.56. The molecule has 2 rings (SSSR count). The number of hydrogen-bond acceptors (Lipinski definition) is 5. The molecule has 0 saturated carbocycles. The highest BCUT2D eigenvalue weighted by Crippen LogP contribution is 2.12. The van der Waals surface area contributed by atoms with Crippen LogP contribution < -0.4 is 5.32 Å². The fraction of sp³-hybridized carbons (Fsp3) is 0.611. The molecule has 1 aliphatic heterocycles. The monoisotopic (exact) mass is 381 g/mol. The Hall–Kier alpha value is -2.09. The van der Waals surface area contributed by atoms with Crippen molar-refractivity contribution in [1.29, 1.82) is 0 Å². The van der Waals surface area contributed by atoms with Gasteiger partial charge >= 0.3 is 6.09 Å². The first-order valence-corrected chi connectivity index (χ1v) is 9.96. The van der Waals surface area contributed by atoms with Crippen molar-refractivity contribution >= 4 is 29.2 Å². The fourth-order valence-electron chi connectivity index (χ4n) is 2.77. The molecule has 1 saturated heterocycles. The molecule has 1 N–H and O–H groups in total. The first-order valence-electron chi connectivity index (χ1n) is 9.08. The lowest BCUT2D eigenvalue weighted by Crippen LogP contribution is -2.52. The van der Waals surface area contributed by atoms with Crippen molar-refractivity contribution in [3.8, 4) is 0 Å². The Morgan fingerprint density at radius 2 is 1.88 bits per heavy atom. The minimum Gasteiger partial charge on any atom is -0.450 e. The number of amides is 3. The van der Waals surface area contributed by atoms with Gasteiger partial charge in [0.1, 0.15) is 0 Å². The average Bonchev–Trinajstić information content (AvgIpc) is 3.17. The second kappa shape index (κ2) is 10.8. The lowest BCUT2D eigenvalue weighted by Gasteiger charge is -2.34. The summed E-state index contributed by atoms with van der Waals surface area (Å²) >= 11 is 1.73. The number of hydrogen-bond donors (Lipinski definition) is 1. The van der Waals surface area contributed by atoms with Crippen LogP contribution in [-0.4, -0.2) is 67.0 Å². The van der Waals surface area contributed by atoms with E-state index in [2.05, 4.69) is 16.8 Å². The van der Waals surface area contributed by atoms with E-state index in [-0.39, 0.29) is 24.5 Å². The van der Waals surface area contributed by atoms with E-state index in [1.807, 2.05) is 6.07 Å². The predicted octanol–water partition coefficient (Wildman–Crippen LogP) is 1.88. The molecule has 0 spiro atoms. The van der Waals surface area contributed by atoms with Crippen molar-refractivity contribution in [1.82, 2.24) is 15.1 Å². The molecule has 0 atom stereocenters. The quantitative estimate of drug-likeness (QED) is 0.698. The molecule has 1 fully saturated rings. The highest BCUT2D eigenvalue weighted by atomic mass is 32.1. The van der Waals surface area contributed by atoms with E-state index in [0.717, 1.165) is 19.3 Å². The first-order chi connectivity index (χ1) is 12.6. The van der Waals surface area contributed by atoms with Gasteiger partial charge in [-0.2, -0.15) is 0 Å². The summed E-state index contributed by atoms with van der Waals surface area (Å²) in [5.74, 6) is -0.199. The predicted molar refractivity (Wildman–Crippen MR) is 100 cm³/mol. The second-order valence-corrected chi connectivity index (χ2v) is 7.16. The minimum atomic E-state index is -0.338. The Bertz CT molecular complexity index is 583. The van der Waals surface area contributed by atoms with Gasteiger partial charge in [0.25, 0.3) is 0 Å². The maximum absolute atomic E-state index is 12.2. The summed E-state index contributed by atoms with van der Waals surface area (Å²) in [4.78, 5) is 40.3. The van der Waals surface area contributed by atoms with Gasteiger partial charge in [0.15, 0.2) is 0 Å². The van der Waals surface area contributed by atoms with E-state index < -0.39 is 0 Å². The molecule has 7 nitrogen and oxygen atoms in total. The average molecular weight is 381 g/mol. The summed E-state index contributed by atoms with van der Waals surface area (Å²) in [5, 5.41) is 4.75. The third-order valence-corrected chi connectivity index (χ3v) is 5.19. The third-order valence-electron chi connectivity index (χ3n) is 4.25. The van der Waals surface area contributed by atoms with Gasteiger partial charge in [0.2, 0.25) is 11.8 Å². The van der Waals surface area contributed by atoms with Gasteiger partial charge < -0.3 is 19.9 Å². The number of aryl methyl sites for hydroxylation is 1. The molecular weight excluding hydrogens is 354 g/mol. The van der Waals surface area contributed by atoms with E-state index >= 15 is 0 Å². The van der Waals surface area contributed by atoms with Crippen LogP contribution in [0.15, 0.2) is 17.5 Å². The fourth-order valence-corrected chi connectivity index (χ4v) is 3.52. The zero-order valence-electron chi connectivity index (χ0n) is 15.2. The highest BCUT2D eigenvalue weighted by molar-refractivity contribution is 7.09. The molecule has 2 heterocycles.